The Labute approximate surface area is 448 Å². The van der Waals surface area contributed by atoms with Crippen molar-refractivity contribution in [2.75, 3.05) is 13.2 Å². The fraction of sp³-hybridized carbons (Fsp3) is 0.864. The molecule has 0 aromatic carbocycles. The predicted octanol–water partition coefficient (Wildman–Crippen LogP) is 21.6. The molecule has 0 aliphatic heterocycles. The molecule has 1 atom stereocenters. The summed E-state index contributed by atoms with van der Waals surface area (Å²) < 4.78 is 16.9. The van der Waals surface area contributed by atoms with Crippen LogP contribution in [0.5, 0.6) is 0 Å². The SMILES string of the molecule is CCCC/C=C\C/C=C\CCCCCCCC(=O)OCC(COC(=O)CCCCCCCCCCCCCCCCCCCCCCCCCCC)OC(=O)CCCCCCC/C=C\CCCCCCCC. The summed E-state index contributed by atoms with van der Waals surface area (Å²) in [5.41, 5.74) is 0. The number of hydrogen-bond acceptors (Lipinski definition) is 6. The monoisotopic (exact) mass is 1010 g/mol. The summed E-state index contributed by atoms with van der Waals surface area (Å²) in [4.78, 5) is 38.2. The lowest BCUT2D eigenvalue weighted by atomic mass is 10.0. The average molecular weight is 1010 g/mol. The molecule has 0 fully saturated rings. The first-order chi connectivity index (χ1) is 35.5. The number of rotatable bonds is 59. The molecule has 0 bridgehead atoms. The molecule has 0 saturated heterocycles. The van der Waals surface area contributed by atoms with Gasteiger partial charge in [0.2, 0.25) is 0 Å². The predicted molar refractivity (Wildman–Crippen MR) is 312 cm³/mol. The fourth-order valence-electron chi connectivity index (χ4n) is 9.52. The van der Waals surface area contributed by atoms with Crippen LogP contribution in [0, 0.1) is 0 Å². The Bertz CT molecular complexity index is 1210. The van der Waals surface area contributed by atoms with Gasteiger partial charge in [0.1, 0.15) is 13.2 Å². The molecule has 72 heavy (non-hydrogen) atoms. The van der Waals surface area contributed by atoms with E-state index in [2.05, 4.69) is 57.2 Å². The lowest BCUT2D eigenvalue weighted by Crippen LogP contribution is -2.30. The molecule has 1 unspecified atom stereocenters. The van der Waals surface area contributed by atoms with Gasteiger partial charge >= 0.3 is 17.9 Å². The highest BCUT2D eigenvalue weighted by Crippen LogP contribution is 2.18. The van der Waals surface area contributed by atoms with Crippen molar-refractivity contribution in [1.29, 1.82) is 0 Å². The second kappa shape index (κ2) is 61.2. The van der Waals surface area contributed by atoms with E-state index in [4.69, 9.17) is 14.2 Å². The van der Waals surface area contributed by atoms with Crippen LogP contribution < -0.4 is 0 Å². The Morgan fingerprint density at radius 3 is 0.819 bits per heavy atom. The van der Waals surface area contributed by atoms with Gasteiger partial charge in [0.05, 0.1) is 0 Å². The minimum Gasteiger partial charge on any atom is -0.462 e. The van der Waals surface area contributed by atoms with Gasteiger partial charge in [-0.2, -0.15) is 0 Å². The third-order valence-corrected chi connectivity index (χ3v) is 14.4. The number of esters is 3. The van der Waals surface area contributed by atoms with Crippen molar-refractivity contribution in [3.8, 4) is 0 Å². The van der Waals surface area contributed by atoms with Gasteiger partial charge in [0.25, 0.3) is 0 Å². The lowest BCUT2D eigenvalue weighted by molar-refractivity contribution is -0.167. The van der Waals surface area contributed by atoms with E-state index in [0.29, 0.717) is 19.3 Å². The van der Waals surface area contributed by atoms with Crippen LogP contribution in [0.1, 0.15) is 348 Å². The number of hydrogen-bond donors (Lipinski definition) is 0. The number of carbonyl (C=O) groups is 3. The zero-order chi connectivity index (χ0) is 52.2. The van der Waals surface area contributed by atoms with E-state index in [9.17, 15) is 14.4 Å². The Hall–Kier alpha value is -2.37. The molecule has 0 heterocycles. The van der Waals surface area contributed by atoms with Gasteiger partial charge in [0, 0.05) is 19.3 Å². The van der Waals surface area contributed by atoms with Gasteiger partial charge in [-0.15, -0.1) is 0 Å². The summed E-state index contributed by atoms with van der Waals surface area (Å²) in [6.45, 7) is 6.63. The van der Waals surface area contributed by atoms with E-state index in [-0.39, 0.29) is 31.1 Å². The third kappa shape index (κ3) is 58.5. The minimum atomic E-state index is -0.780. The normalized spacial score (nSPS) is 12.2. The average Bonchev–Trinajstić information content (AvgIpc) is 3.38. The Morgan fingerprint density at radius 1 is 0.278 bits per heavy atom. The molecule has 0 aromatic heterocycles. The Kier molecular flexibility index (Phi) is 59.2. The standard InChI is InChI=1S/C66H122O6/c1-4-7-10-13-16-19-22-25-28-29-30-31-32-33-34-35-36-37-39-41-44-47-50-53-56-59-65(68)71-62-63(61-70-64(67)58-55-52-49-46-43-40-27-24-21-18-15-12-9-6-3)72-66(69)60-57-54-51-48-45-42-38-26-23-20-17-14-11-8-5-2/h15,18,24,26-27,38,63H,4-14,16-17,19-23,25,28-37,39-62H2,1-3H3/b18-15-,27-24-,38-26-. The largest absolute Gasteiger partial charge is 0.462 e. The van der Waals surface area contributed by atoms with Crippen LogP contribution in [0.15, 0.2) is 36.5 Å². The first-order valence-electron chi connectivity index (χ1n) is 32.0. The summed E-state index contributed by atoms with van der Waals surface area (Å²) in [5.74, 6) is -0.878. The minimum absolute atomic E-state index is 0.0761. The number of unbranched alkanes of at least 4 members (excludes halogenated alkanes) is 42. The molecule has 0 rings (SSSR count). The summed E-state index contributed by atoms with van der Waals surface area (Å²) in [5, 5.41) is 0. The molecule has 0 radical (unpaired) electrons. The first kappa shape index (κ1) is 69.6. The molecule has 0 aromatic rings. The molecule has 0 aliphatic carbocycles. The highest BCUT2D eigenvalue weighted by atomic mass is 16.6. The van der Waals surface area contributed by atoms with E-state index >= 15 is 0 Å². The van der Waals surface area contributed by atoms with Crippen LogP contribution in [0.25, 0.3) is 0 Å². The van der Waals surface area contributed by atoms with E-state index in [0.717, 1.165) is 83.5 Å². The van der Waals surface area contributed by atoms with Crippen LogP contribution in [-0.2, 0) is 28.6 Å². The molecule has 6 heteroatoms. The maximum Gasteiger partial charge on any atom is 0.306 e. The summed E-state index contributed by atoms with van der Waals surface area (Å²) in [7, 11) is 0. The highest BCUT2D eigenvalue weighted by molar-refractivity contribution is 5.71. The smallest absolute Gasteiger partial charge is 0.306 e. The van der Waals surface area contributed by atoms with Crippen molar-refractivity contribution in [3.63, 3.8) is 0 Å². The molecular formula is C66H122O6. The zero-order valence-electron chi connectivity index (χ0n) is 48.5. The molecular weight excluding hydrogens is 889 g/mol. The van der Waals surface area contributed by atoms with Crippen LogP contribution >= 0.6 is 0 Å². The lowest BCUT2D eigenvalue weighted by Gasteiger charge is -2.18. The van der Waals surface area contributed by atoms with E-state index in [1.807, 2.05) is 0 Å². The number of carbonyl (C=O) groups excluding carboxylic acids is 3. The van der Waals surface area contributed by atoms with Crippen molar-refractivity contribution >= 4 is 17.9 Å². The maximum atomic E-state index is 12.9. The zero-order valence-corrected chi connectivity index (χ0v) is 48.5. The molecule has 0 amide bonds. The topological polar surface area (TPSA) is 78.9 Å². The second-order valence-electron chi connectivity index (χ2n) is 21.7. The number of ether oxygens (including phenoxy) is 3. The van der Waals surface area contributed by atoms with Crippen molar-refractivity contribution in [1.82, 2.24) is 0 Å². The molecule has 422 valence electrons. The maximum absolute atomic E-state index is 12.9. The van der Waals surface area contributed by atoms with Crippen molar-refractivity contribution in [3.05, 3.63) is 36.5 Å². The van der Waals surface area contributed by atoms with Gasteiger partial charge in [-0.1, -0.05) is 295 Å². The third-order valence-electron chi connectivity index (χ3n) is 14.4. The van der Waals surface area contributed by atoms with Crippen LogP contribution in [-0.4, -0.2) is 37.2 Å². The van der Waals surface area contributed by atoms with Crippen LogP contribution in [0.4, 0.5) is 0 Å². The Balaban J connectivity index is 4.24. The van der Waals surface area contributed by atoms with Crippen molar-refractivity contribution in [2.45, 2.75) is 354 Å². The number of allylic oxidation sites excluding steroid dienone is 6. The van der Waals surface area contributed by atoms with E-state index < -0.39 is 6.10 Å². The summed E-state index contributed by atoms with van der Waals surface area (Å²) >= 11 is 0. The van der Waals surface area contributed by atoms with Crippen molar-refractivity contribution < 1.29 is 28.6 Å². The van der Waals surface area contributed by atoms with Gasteiger partial charge in [-0.25, -0.2) is 0 Å². The van der Waals surface area contributed by atoms with Crippen molar-refractivity contribution in [2.24, 2.45) is 0 Å². The fourth-order valence-corrected chi connectivity index (χ4v) is 9.52. The van der Waals surface area contributed by atoms with Gasteiger partial charge in [-0.3, -0.25) is 14.4 Å². The van der Waals surface area contributed by atoms with Crippen LogP contribution in [0.3, 0.4) is 0 Å². The first-order valence-corrected chi connectivity index (χ1v) is 32.0. The van der Waals surface area contributed by atoms with Gasteiger partial charge < -0.3 is 14.2 Å². The van der Waals surface area contributed by atoms with E-state index in [1.54, 1.807) is 0 Å². The molecule has 0 aliphatic rings. The van der Waals surface area contributed by atoms with Gasteiger partial charge in [0.15, 0.2) is 6.10 Å². The molecule has 0 saturated carbocycles. The summed E-state index contributed by atoms with van der Waals surface area (Å²) in [6, 6.07) is 0. The molecule has 0 N–H and O–H groups in total. The Morgan fingerprint density at radius 2 is 0.514 bits per heavy atom. The quantitative estimate of drug-likeness (QED) is 0.0261. The molecule has 0 spiro atoms. The summed E-state index contributed by atoms with van der Waals surface area (Å²) in [6.07, 6.45) is 74.4. The van der Waals surface area contributed by atoms with E-state index in [1.165, 1.54) is 225 Å². The molecule has 6 nitrogen and oxygen atoms in total. The highest BCUT2D eigenvalue weighted by Gasteiger charge is 2.19. The second-order valence-corrected chi connectivity index (χ2v) is 21.7. The van der Waals surface area contributed by atoms with Crippen LogP contribution in [0.2, 0.25) is 0 Å². The van der Waals surface area contributed by atoms with Gasteiger partial charge in [-0.05, 0) is 70.6 Å².